The second-order valence-corrected chi connectivity index (χ2v) is 9.41. The third-order valence-corrected chi connectivity index (χ3v) is 6.50. The van der Waals surface area contributed by atoms with E-state index >= 15 is 0 Å². The van der Waals surface area contributed by atoms with Crippen LogP contribution in [0.15, 0.2) is 66.7 Å². The lowest BCUT2D eigenvalue weighted by Gasteiger charge is -2.12. The van der Waals surface area contributed by atoms with E-state index in [1.807, 2.05) is 60.7 Å². The highest BCUT2D eigenvalue weighted by atomic mass is 16.5. The van der Waals surface area contributed by atoms with Gasteiger partial charge in [-0.25, -0.2) is 0 Å². The molecule has 0 amide bonds. The van der Waals surface area contributed by atoms with Crippen molar-refractivity contribution in [1.29, 1.82) is 0 Å². The molecule has 0 spiro atoms. The summed E-state index contributed by atoms with van der Waals surface area (Å²) >= 11 is 0. The number of unbranched alkanes of at least 4 members (excludes halogenated alkanes) is 2. The maximum absolute atomic E-state index is 11.8. The highest BCUT2D eigenvalue weighted by Crippen LogP contribution is 2.21. The number of hydrogen-bond donors (Lipinski definition) is 0. The predicted octanol–water partition coefficient (Wildman–Crippen LogP) is 5.96. The molecule has 7 nitrogen and oxygen atoms in total. The molecule has 0 bridgehead atoms. The first-order valence-corrected chi connectivity index (χ1v) is 13.6. The van der Waals surface area contributed by atoms with Crippen LogP contribution in [-0.2, 0) is 44.7 Å². The number of aryl methyl sites for hydroxylation is 3. The van der Waals surface area contributed by atoms with Crippen LogP contribution in [0.1, 0.15) is 53.8 Å². The lowest BCUT2D eigenvalue weighted by molar-refractivity contribution is -0.141. The van der Waals surface area contributed by atoms with E-state index in [0.717, 1.165) is 65.9 Å². The number of hydrogen-bond acceptors (Lipinski definition) is 7. The van der Waals surface area contributed by atoms with E-state index < -0.39 is 0 Å². The molecule has 0 saturated heterocycles. The molecule has 0 fully saturated rings. The molecule has 0 unspecified atom stereocenters. The van der Waals surface area contributed by atoms with Gasteiger partial charge < -0.3 is 18.9 Å². The lowest BCUT2D eigenvalue weighted by Crippen LogP contribution is -2.08. The fraction of sp³-hybridized carbons (Fsp3) is 0.364. The van der Waals surface area contributed by atoms with E-state index in [1.165, 1.54) is 14.2 Å². The standard InChI is InChI=1S/C33H39NO6/c1-37-29-18-14-25(15-19-29)8-6-4-5-7-23-40-31-21-17-28(34-30(31)20-22-32(35)38-2)16-13-26-9-11-27(12-10-26)24-33(36)39-3/h6,8-12,14-15,17-19,21H,4-5,7,13,16,20,22-24H2,1-3H3/b8-6+. The highest BCUT2D eigenvalue weighted by Gasteiger charge is 2.11. The summed E-state index contributed by atoms with van der Waals surface area (Å²) in [6.45, 7) is 0.584. The first kappa shape index (κ1) is 30.4. The Morgan fingerprint density at radius 2 is 1.50 bits per heavy atom. The van der Waals surface area contributed by atoms with E-state index in [-0.39, 0.29) is 24.8 Å². The van der Waals surface area contributed by atoms with Gasteiger partial charge in [0.2, 0.25) is 0 Å². The van der Waals surface area contributed by atoms with Gasteiger partial charge in [0.1, 0.15) is 11.5 Å². The van der Waals surface area contributed by atoms with Crippen molar-refractivity contribution in [2.75, 3.05) is 27.9 Å². The number of benzene rings is 2. The summed E-state index contributed by atoms with van der Waals surface area (Å²) in [7, 11) is 4.45. The summed E-state index contributed by atoms with van der Waals surface area (Å²) in [6.07, 6.45) is 9.72. The zero-order valence-corrected chi connectivity index (χ0v) is 23.7. The van der Waals surface area contributed by atoms with E-state index in [0.29, 0.717) is 18.8 Å². The van der Waals surface area contributed by atoms with Crippen molar-refractivity contribution in [3.63, 3.8) is 0 Å². The first-order chi connectivity index (χ1) is 19.5. The molecule has 0 aliphatic carbocycles. The van der Waals surface area contributed by atoms with Crippen molar-refractivity contribution in [2.45, 2.75) is 51.4 Å². The molecule has 1 heterocycles. The molecule has 3 rings (SSSR count). The predicted molar refractivity (Wildman–Crippen MR) is 156 cm³/mol. The fourth-order valence-electron chi connectivity index (χ4n) is 4.12. The lowest BCUT2D eigenvalue weighted by atomic mass is 10.0. The van der Waals surface area contributed by atoms with Gasteiger partial charge in [0.05, 0.1) is 46.5 Å². The monoisotopic (exact) mass is 545 g/mol. The Bertz CT molecular complexity index is 1230. The number of esters is 2. The van der Waals surface area contributed by atoms with Gasteiger partial charge in [0, 0.05) is 12.1 Å². The van der Waals surface area contributed by atoms with Gasteiger partial charge in [-0.1, -0.05) is 48.6 Å². The second-order valence-electron chi connectivity index (χ2n) is 9.41. The molecule has 0 radical (unpaired) electrons. The van der Waals surface area contributed by atoms with Gasteiger partial charge in [0.25, 0.3) is 0 Å². The Kier molecular flexibility index (Phi) is 12.7. The van der Waals surface area contributed by atoms with Crippen molar-refractivity contribution < 1.29 is 28.5 Å². The van der Waals surface area contributed by atoms with Crippen molar-refractivity contribution in [2.24, 2.45) is 0 Å². The molecule has 3 aromatic rings. The Balaban J connectivity index is 1.50. The zero-order chi connectivity index (χ0) is 28.6. The van der Waals surface area contributed by atoms with Gasteiger partial charge in [-0.2, -0.15) is 0 Å². The molecular weight excluding hydrogens is 506 g/mol. The number of aromatic nitrogens is 1. The van der Waals surface area contributed by atoms with E-state index in [9.17, 15) is 9.59 Å². The number of rotatable bonds is 16. The van der Waals surface area contributed by atoms with Crippen LogP contribution >= 0.6 is 0 Å². The van der Waals surface area contributed by atoms with Crippen molar-refractivity contribution in [3.05, 3.63) is 94.8 Å². The fourth-order valence-corrected chi connectivity index (χ4v) is 4.12. The van der Waals surface area contributed by atoms with E-state index in [2.05, 4.69) is 12.2 Å². The Labute approximate surface area is 237 Å². The number of ether oxygens (including phenoxy) is 4. The average Bonchev–Trinajstić information content (AvgIpc) is 2.99. The van der Waals surface area contributed by atoms with Crippen LogP contribution in [0.5, 0.6) is 11.5 Å². The minimum absolute atomic E-state index is 0.250. The first-order valence-electron chi connectivity index (χ1n) is 13.6. The van der Waals surface area contributed by atoms with Crippen LogP contribution in [0.2, 0.25) is 0 Å². The molecule has 40 heavy (non-hydrogen) atoms. The summed E-state index contributed by atoms with van der Waals surface area (Å²) in [6, 6.07) is 19.9. The summed E-state index contributed by atoms with van der Waals surface area (Å²) in [5, 5.41) is 0. The molecule has 0 aliphatic heterocycles. The van der Waals surface area contributed by atoms with Crippen molar-refractivity contribution in [1.82, 2.24) is 4.98 Å². The molecule has 0 atom stereocenters. The average molecular weight is 546 g/mol. The van der Waals surface area contributed by atoms with Crippen molar-refractivity contribution in [3.8, 4) is 11.5 Å². The van der Waals surface area contributed by atoms with Crippen LogP contribution in [0.3, 0.4) is 0 Å². The van der Waals surface area contributed by atoms with Gasteiger partial charge >= 0.3 is 11.9 Å². The minimum Gasteiger partial charge on any atom is -0.497 e. The summed E-state index contributed by atoms with van der Waals surface area (Å²) < 4.78 is 20.8. The van der Waals surface area contributed by atoms with Crippen molar-refractivity contribution >= 4 is 18.0 Å². The Morgan fingerprint density at radius 1 is 0.775 bits per heavy atom. The zero-order valence-electron chi connectivity index (χ0n) is 23.7. The largest absolute Gasteiger partial charge is 0.497 e. The minimum atomic E-state index is -0.270. The molecular formula is C33H39NO6. The number of pyridine rings is 1. The quantitative estimate of drug-likeness (QED) is 0.162. The molecule has 0 aliphatic rings. The maximum Gasteiger partial charge on any atom is 0.309 e. The van der Waals surface area contributed by atoms with Crippen LogP contribution in [0.25, 0.3) is 6.08 Å². The third-order valence-electron chi connectivity index (χ3n) is 6.50. The van der Waals surface area contributed by atoms with Gasteiger partial charge in [0.15, 0.2) is 0 Å². The van der Waals surface area contributed by atoms with Crippen LogP contribution in [0.4, 0.5) is 0 Å². The number of methoxy groups -OCH3 is 3. The number of carbonyl (C=O) groups is 2. The molecule has 7 heteroatoms. The Hall–Kier alpha value is -4.13. The normalized spacial score (nSPS) is 10.9. The summed E-state index contributed by atoms with van der Waals surface area (Å²) in [4.78, 5) is 28.1. The molecule has 1 aromatic heterocycles. The Morgan fingerprint density at radius 3 is 2.20 bits per heavy atom. The second kappa shape index (κ2) is 16.7. The van der Waals surface area contributed by atoms with Gasteiger partial charge in [-0.3, -0.25) is 14.6 Å². The number of nitrogens with zero attached hydrogens (tertiary/aromatic N) is 1. The molecule has 2 aromatic carbocycles. The highest BCUT2D eigenvalue weighted by molar-refractivity contribution is 5.72. The maximum atomic E-state index is 11.8. The van der Waals surface area contributed by atoms with Crippen LogP contribution in [-0.4, -0.2) is 44.9 Å². The summed E-state index contributed by atoms with van der Waals surface area (Å²) in [5.74, 6) is 1.05. The molecule has 0 saturated carbocycles. The van der Waals surface area contributed by atoms with Crippen LogP contribution in [0, 0.1) is 0 Å². The summed E-state index contributed by atoms with van der Waals surface area (Å²) in [5.41, 5.74) is 4.95. The van der Waals surface area contributed by atoms with E-state index in [4.69, 9.17) is 23.9 Å². The smallest absolute Gasteiger partial charge is 0.309 e. The SMILES string of the molecule is COC(=O)CCc1nc(CCc2ccc(CC(=O)OC)cc2)ccc1OCCCC/C=C/c1ccc(OC)cc1. The van der Waals surface area contributed by atoms with Crippen LogP contribution < -0.4 is 9.47 Å². The van der Waals surface area contributed by atoms with E-state index in [1.54, 1.807) is 7.11 Å². The number of allylic oxidation sites excluding steroid dienone is 1. The van der Waals surface area contributed by atoms with Gasteiger partial charge in [-0.15, -0.1) is 0 Å². The number of carbonyl (C=O) groups excluding carboxylic acids is 2. The third kappa shape index (κ3) is 10.6. The molecule has 0 N–H and O–H groups in total. The van der Waals surface area contributed by atoms with Gasteiger partial charge in [-0.05, 0) is 73.1 Å². The molecule has 212 valence electrons. The topological polar surface area (TPSA) is 84.0 Å².